The molecule has 1 atom stereocenters. The van der Waals surface area contributed by atoms with Crippen LogP contribution in [0.1, 0.15) is 68.4 Å². The van der Waals surface area contributed by atoms with Crippen LogP contribution in [-0.4, -0.2) is 6.16 Å². The van der Waals surface area contributed by atoms with Gasteiger partial charge < -0.3 is 0 Å². The van der Waals surface area contributed by atoms with Crippen LogP contribution in [-0.2, 0) is 0 Å². The molecule has 0 heterocycles. The van der Waals surface area contributed by atoms with E-state index in [1.165, 1.54) is 68.1 Å². The van der Waals surface area contributed by atoms with Crippen LogP contribution in [0.2, 0.25) is 0 Å². The molecule has 1 unspecified atom stereocenters. The predicted molar refractivity (Wildman–Crippen MR) is 142 cm³/mol. The van der Waals surface area contributed by atoms with E-state index in [0.717, 1.165) is 5.92 Å². The van der Waals surface area contributed by atoms with Crippen molar-refractivity contribution < 1.29 is 0 Å². The molecular formula is C31H35P. The molecule has 0 nitrogen and oxygen atoms in total. The van der Waals surface area contributed by atoms with E-state index in [2.05, 4.69) is 91.0 Å². The van der Waals surface area contributed by atoms with Gasteiger partial charge in [-0.1, -0.05) is 110 Å². The minimum absolute atomic E-state index is 0.266. The molecule has 32 heavy (non-hydrogen) atoms. The normalized spacial score (nSPS) is 18.5. The van der Waals surface area contributed by atoms with Crippen molar-refractivity contribution in [3.63, 3.8) is 0 Å². The molecule has 0 spiro atoms. The number of hydrogen-bond donors (Lipinski definition) is 0. The van der Waals surface area contributed by atoms with E-state index < -0.39 is 0 Å². The molecule has 0 aliphatic heterocycles. The molecule has 2 aliphatic rings. The lowest BCUT2D eigenvalue weighted by atomic mass is 9.78. The molecule has 0 radical (unpaired) electrons. The van der Waals surface area contributed by atoms with E-state index in [1.807, 2.05) is 0 Å². The first-order valence-corrected chi connectivity index (χ1v) is 14.1. The van der Waals surface area contributed by atoms with Crippen LogP contribution in [0.4, 0.5) is 0 Å². The van der Waals surface area contributed by atoms with Crippen molar-refractivity contribution in [3.8, 4) is 0 Å². The van der Waals surface area contributed by atoms with Gasteiger partial charge in [0.1, 0.15) is 0 Å². The summed E-state index contributed by atoms with van der Waals surface area (Å²) in [5.74, 6) is 1.54. The van der Waals surface area contributed by atoms with Gasteiger partial charge in [-0.15, -0.1) is 0 Å². The molecule has 3 aromatic rings. The molecule has 0 saturated heterocycles. The van der Waals surface area contributed by atoms with Crippen molar-refractivity contribution >= 4 is 24.1 Å². The Bertz CT molecular complexity index is 975. The van der Waals surface area contributed by atoms with Crippen LogP contribution < -0.4 is 10.6 Å². The van der Waals surface area contributed by atoms with E-state index >= 15 is 0 Å². The quantitative estimate of drug-likeness (QED) is 0.246. The zero-order valence-corrected chi connectivity index (χ0v) is 20.0. The number of unbranched alkanes of at least 4 members (excludes halogenated alkanes) is 1. The van der Waals surface area contributed by atoms with Gasteiger partial charge >= 0.3 is 0 Å². The predicted octanol–water partition coefficient (Wildman–Crippen LogP) is 8.05. The smallest absolute Gasteiger partial charge is 0.00583 e. The monoisotopic (exact) mass is 438 g/mol. The Labute approximate surface area is 195 Å². The first-order chi connectivity index (χ1) is 15.9. The second kappa shape index (κ2) is 10.6. The van der Waals surface area contributed by atoms with Crippen molar-refractivity contribution in [2.75, 3.05) is 6.16 Å². The highest BCUT2D eigenvalue weighted by atomic mass is 31.1. The first kappa shape index (κ1) is 21.7. The zero-order chi connectivity index (χ0) is 21.6. The van der Waals surface area contributed by atoms with Crippen molar-refractivity contribution in [1.29, 1.82) is 0 Å². The van der Waals surface area contributed by atoms with Crippen molar-refractivity contribution in [3.05, 3.63) is 102 Å². The molecule has 0 bridgehead atoms. The summed E-state index contributed by atoms with van der Waals surface area (Å²) in [5.41, 5.74) is 4.79. The van der Waals surface area contributed by atoms with Gasteiger partial charge in [-0.3, -0.25) is 0 Å². The van der Waals surface area contributed by atoms with Crippen molar-refractivity contribution in [2.45, 2.75) is 57.3 Å². The number of benzene rings is 3. The van der Waals surface area contributed by atoms with E-state index in [-0.39, 0.29) is 7.92 Å². The standard InChI is InChI=1S/C31H35P/c1-4-14-25(15-5-1)31-24-26(29-21-10-11-22-30(29)31)16-12-13-23-32(27-17-6-2-7-18-27)28-19-8-3-9-20-28/h2-3,6-11,17-22,24-25,31H,1,4-5,12-16,23H2. The molecule has 3 aromatic carbocycles. The molecule has 164 valence electrons. The average Bonchev–Trinajstić information content (AvgIpc) is 3.24. The maximum Gasteiger partial charge on any atom is 0.00583 e. The summed E-state index contributed by atoms with van der Waals surface area (Å²) in [6.45, 7) is 0. The second-order valence-corrected chi connectivity index (χ2v) is 11.8. The maximum absolute atomic E-state index is 2.66. The molecule has 2 aliphatic carbocycles. The highest BCUT2D eigenvalue weighted by Crippen LogP contribution is 2.46. The molecule has 0 aromatic heterocycles. The zero-order valence-electron chi connectivity index (χ0n) is 19.1. The van der Waals surface area contributed by atoms with Gasteiger partial charge in [0.2, 0.25) is 0 Å². The van der Waals surface area contributed by atoms with E-state index in [9.17, 15) is 0 Å². The maximum atomic E-state index is 2.66. The lowest BCUT2D eigenvalue weighted by Gasteiger charge is -2.27. The molecule has 1 saturated carbocycles. The van der Waals surface area contributed by atoms with E-state index in [1.54, 1.807) is 16.7 Å². The Hall–Kier alpha value is -2.17. The third kappa shape index (κ3) is 4.92. The van der Waals surface area contributed by atoms with Crippen LogP contribution >= 0.6 is 7.92 Å². The Balaban J connectivity index is 1.25. The number of rotatable bonds is 8. The summed E-state index contributed by atoms with van der Waals surface area (Å²) in [5, 5.41) is 3.02. The van der Waals surface area contributed by atoms with Crippen molar-refractivity contribution in [2.24, 2.45) is 5.92 Å². The van der Waals surface area contributed by atoms with Crippen LogP contribution in [0.25, 0.3) is 5.57 Å². The van der Waals surface area contributed by atoms with Crippen LogP contribution in [0.5, 0.6) is 0 Å². The molecule has 5 rings (SSSR count). The van der Waals surface area contributed by atoms with Gasteiger partial charge in [-0.2, -0.15) is 0 Å². The van der Waals surface area contributed by atoms with Crippen LogP contribution in [0, 0.1) is 5.92 Å². The summed E-state index contributed by atoms with van der Waals surface area (Å²) < 4.78 is 0. The summed E-state index contributed by atoms with van der Waals surface area (Å²) in [4.78, 5) is 0. The summed E-state index contributed by atoms with van der Waals surface area (Å²) in [6.07, 6.45) is 14.9. The largest absolute Gasteiger partial charge is 0.0729 e. The Morgan fingerprint density at radius 3 is 1.97 bits per heavy atom. The minimum atomic E-state index is -0.266. The van der Waals surface area contributed by atoms with Gasteiger partial charge in [0, 0.05) is 5.92 Å². The van der Waals surface area contributed by atoms with Crippen molar-refractivity contribution in [1.82, 2.24) is 0 Å². The van der Waals surface area contributed by atoms with Gasteiger partial charge in [-0.25, -0.2) is 0 Å². The Morgan fingerprint density at radius 1 is 0.656 bits per heavy atom. The fraction of sp³-hybridized carbons (Fsp3) is 0.355. The lowest BCUT2D eigenvalue weighted by Crippen LogP contribution is -2.13. The number of hydrogen-bond acceptors (Lipinski definition) is 0. The molecule has 1 fully saturated rings. The van der Waals surface area contributed by atoms with Gasteiger partial charge in [0.05, 0.1) is 0 Å². The Morgan fingerprint density at radius 2 is 1.28 bits per heavy atom. The molecule has 0 N–H and O–H groups in total. The van der Waals surface area contributed by atoms with E-state index in [0.29, 0.717) is 5.92 Å². The third-order valence-corrected chi connectivity index (χ3v) is 10.0. The average molecular weight is 439 g/mol. The molecule has 1 heteroatoms. The number of allylic oxidation sites excluding steroid dienone is 2. The van der Waals surface area contributed by atoms with Gasteiger partial charge in [0.25, 0.3) is 0 Å². The number of fused-ring (bicyclic) bond motifs is 1. The summed E-state index contributed by atoms with van der Waals surface area (Å²) >= 11 is 0. The van der Waals surface area contributed by atoms with Gasteiger partial charge in [-0.05, 0) is 79.4 Å². The third-order valence-electron chi connectivity index (χ3n) is 7.42. The highest BCUT2D eigenvalue weighted by Gasteiger charge is 2.30. The lowest BCUT2D eigenvalue weighted by molar-refractivity contribution is 0.334. The Kier molecular flexibility index (Phi) is 7.20. The summed E-state index contributed by atoms with van der Waals surface area (Å²) in [6, 6.07) is 31.6. The van der Waals surface area contributed by atoms with Crippen LogP contribution in [0.3, 0.4) is 0 Å². The first-order valence-electron chi connectivity index (χ1n) is 12.6. The molecule has 0 amide bonds. The summed E-state index contributed by atoms with van der Waals surface area (Å²) in [7, 11) is -0.266. The van der Waals surface area contributed by atoms with Gasteiger partial charge in [0.15, 0.2) is 0 Å². The SMILES string of the molecule is C1=C(CCCCP(c2ccccc2)c2ccccc2)c2ccccc2C1C1CCCCC1. The molecular weight excluding hydrogens is 403 g/mol. The fourth-order valence-electron chi connectivity index (χ4n) is 5.79. The minimum Gasteiger partial charge on any atom is -0.0729 e. The topological polar surface area (TPSA) is 0 Å². The van der Waals surface area contributed by atoms with E-state index in [4.69, 9.17) is 0 Å². The van der Waals surface area contributed by atoms with Crippen LogP contribution in [0.15, 0.2) is 91.0 Å². The fourth-order valence-corrected chi connectivity index (χ4v) is 8.20. The second-order valence-electron chi connectivity index (χ2n) is 9.48. The highest BCUT2D eigenvalue weighted by molar-refractivity contribution is 7.73.